The summed E-state index contributed by atoms with van der Waals surface area (Å²) in [5.74, 6) is 0.172. The van der Waals surface area contributed by atoms with Crippen molar-refractivity contribution in [3.05, 3.63) is 29.8 Å². The number of carbonyl (C=O) groups excluding carboxylic acids is 2. The number of nitrogens with zero attached hydrogens (tertiary/aromatic N) is 5. The predicted molar refractivity (Wildman–Crippen MR) is 91.5 cm³/mol. The molecule has 1 saturated heterocycles. The molecule has 132 valence electrons. The molecule has 2 amide bonds. The fraction of sp³-hybridized carbons (Fsp3) is 0.471. The van der Waals surface area contributed by atoms with Gasteiger partial charge in [0.05, 0.1) is 6.04 Å². The first kappa shape index (κ1) is 17.1. The zero-order chi connectivity index (χ0) is 18.0. The number of aromatic nitrogens is 4. The molecule has 8 nitrogen and oxygen atoms in total. The monoisotopic (exact) mass is 342 g/mol. The van der Waals surface area contributed by atoms with Crippen molar-refractivity contribution in [2.75, 3.05) is 13.1 Å². The summed E-state index contributed by atoms with van der Waals surface area (Å²) in [5, 5.41) is 11.8. The van der Waals surface area contributed by atoms with Crippen LogP contribution in [0.2, 0.25) is 0 Å². The standard InChI is InChI=1S/C17H22N6O2/c1-11(2)23-16(19-20-21-23)13-4-3-5-14(10-13)17(25)22-8-6-12(7-9-22)15(18)24/h3-5,10-12H,6-9H2,1-2H3,(H2,18,24). The molecule has 0 spiro atoms. The topological polar surface area (TPSA) is 107 Å². The Balaban J connectivity index is 1.79. The normalized spacial score (nSPS) is 15.6. The Kier molecular flexibility index (Phi) is 4.78. The summed E-state index contributed by atoms with van der Waals surface area (Å²) in [7, 11) is 0. The average molecular weight is 342 g/mol. The Hall–Kier alpha value is -2.77. The van der Waals surface area contributed by atoms with E-state index < -0.39 is 0 Å². The smallest absolute Gasteiger partial charge is 0.253 e. The van der Waals surface area contributed by atoms with Gasteiger partial charge in [0.2, 0.25) is 5.91 Å². The quantitative estimate of drug-likeness (QED) is 0.900. The Morgan fingerprint density at radius 2 is 1.96 bits per heavy atom. The van der Waals surface area contributed by atoms with Crippen molar-refractivity contribution in [1.29, 1.82) is 0 Å². The van der Waals surface area contributed by atoms with Crippen LogP contribution in [0.1, 0.15) is 43.1 Å². The first-order chi connectivity index (χ1) is 12.0. The third-order valence-corrected chi connectivity index (χ3v) is 4.53. The fourth-order valence-electron chi connectivity index (χ4n) is 3.07. The van der Waals surface area contributed by atoms with Crippen LogP contribution in [0.4, 0.5) is 0 Å². The van der Waals surface area contributed by atoms with Crippen LogP contribution >= 0.6 is 0 Å². The SMILES string of the molecule is CC(C)n1nnnc1-c1cccc(C(=O)N2CCC(C(N)=O)CC2)c1. The number of rotatable bonds is 4. The van der Waals surface area contributed by atoms with E-state index >= 15 is 0 Å². The number of carbonyl (C=O) groups is 2. The molecule has 1 aromatic carbocycles. The number of piperidine rings is 1. The molecule has 0 bridgehead atoms. The average Bonchev–Trinajstić information content (AvgIpc) is 3.11. The van der Waals surface area contributed by atoms with Gasteiger partial charge in [-0.2, -0.15) is 0 Å². The molecule has 25 heavy (non-hydrogen) atoms. The van der Waals surface area contributed by atoms with Crippen molar-refractivity contribution < 1.29 is 9.59 Å². The molecule has 3 rings (SSSR count). The van der Waals surface area contributed by atoms with Gasteiger partial charge in [0.1, 0.15) is 0 Å². The number of primary amides is 1. The Morgan fingerprint density at radius 1 is 1.24 bits per heavy atom. The maximum Gasteiger partial charge on any atom is 0.253 e. The van der Waals surface area contributed by atoms with E-state index in [1.54, 1.807) is 15.6 Å². The van der Waals surface area contributed by atoms with Crippen molar-refractivity contribution >= 4 is 11.8 Å². The number of nitrogens with two attached hydrogens (primary N) is 1. The van der Waals surface area contributed by atoms with Crippen LogP contribution in [-0.4, -0.2) is 50.0 Å². The highest BCUT2D eigenvalue weighted by atomic mass is 16.2. The summed E-state index contributed by atoms with van der Waals surface area (Å²) in [6.07, 6.45) is 1.23. The van der Waals surface area contributed by atoms with E-state index in [-0.39, 0.29) is 23.8 Å². The van der Waals surface area contributed by atoms with Gasteiger partial charge in [0.15, 0.2) is 5.82 Å². The van der Waals surface area contributed by atoms with E-state index in [9.17, 15) is 9.59 Å². The summed E-state index contributed by atoms with van der Waals surface area (Å²) >= 11 is 0. The van der Waals surface area contributed by atoms with Crippen molar-refractivity contribution in [1.82, 2.24) is 25.1 Å². The summed E-state index contributed by atoms with van der Waals surface area (Å²) in [5.41, 5.74) is 6.74. The molecular weight excluding hydrogens is 320 g/mol. The van der Waals surface area contributed by atoms with Crippen LogP contribution in [0, 0.1) is 5.92 Å². The molecule has 1 fully saturated rings. The molecule has 2 heterocycles. The van der Waals surface area contributed by atoms with E-state index in [4.69, 9.17) is 5.73 Å². The van der Waals surface area contributed by atoms with Crippen molar-refractivity contribution in [2.45, 2.75) is 32.7 Å². The van der Waals surface area contributed by atoms with Gasteiger partial charge in [-0.05, 0) is 49.2 Å². The van der Waals surface area contributed by atoms with Gasteiger partial charge in [-0.3, -0.25) is 9.59 Å². The van der Waals surface area contributed by atoms with Gasteiger partial charge in [0.25, 0.3) is 5.91 Å². The van der Waals surface area contributed by atoms with Gasteiger partial charge < -0.3 is 10.6 Å². The highest BCUT2D eigenvalue weighted by molar-refractivity contribution is 5.95. The number of benzene rings is 1. The zero-order valence-corrected chi connectivity index (χ0v) is 14.4. The second-order valence-corrected chi connectivity index (χ2v) is 6.59. The largest absolute Gasteiger partial charge is 0.369 e. The number of likely N-dealkylation sites (tertiary alicyclic amines) is 1. The van der Waals surface area contributed by atoms with E-state index in [2.05, 4.69) is 15.5 Å². The van der Waals surface area contributed by atoms with Gasteiger partial charge in [-0.1, -0.05) is 12.1 Å². The number of hydrogen-bond acceptors (Lipinski definition) is 5. The second kappa shape index (κ2) is 7.00. The minimum absolute atomic E-state index is 0.0478. The number of amides is 2. The lowest BCUT2D eigenvalue weighted by Gasteiger charge is -2.30. The van der Waals surface area contributed by atoms with Crippen molar-refractivity contribution in [3.63, 3.8) is 0 Å². The van der Waals surface area contributed by atoms with Crippen LogP contribution in [0.5, 0.6) is 0 Å². The van der Waals surface area contributed by atoms with Crippen LogP contribution in [0.15, 0.2) is 24.3 Å². The molecule has 1 aromatic heterocycles. The summed E-state index contributed by atoms with van der Waals surface area (Å²) in [4.78, 5) is 25.8. The molecular formula is C17H22N6O2. The van der Waals surface area contributed by atoms with Crippen LogP contribution < -0.4 is 5.73 Å². The van der Waals surface area contributed by atoms with Gasteiger partial charge in [-0.25, -0.2) is 4.68 Å². The number of tetrazole rings is 1. The van der Waals surface area contributed by atoms with Crippen molar-refractivity contribution in [2.24, 2.45) is 11.7 Å². The molecule has 0 radical (unpaired) electrons. The van der Waals surface area contributed by atoms with E-state index in [0.717, 1.165) is 5.56 Å². The van der Waals surface area contributed by atoms with E-state index in [1.807, 2.05) is 32.0 Å². The molecule has 1 aliphatic rings. The predicted octanol–water partition coefficient (Wildman–Crippen LogP) is 1.26. The molecule has 0 unspecified atom stereocenters. The molecule has 8 heteroatoms. The zero-order valence-electron chi connectivity index (χ0n) is 14.4. The Labute approximate surface area is 146 Å². The Bertz CT molecular complexity index is 777. The highest BCUT2D eigenvalue weighted by Crippen LogP contribution is 2.23. The minimum atomic E-state index is -0.283. The third kappa shape index (κ3) is 3.52. The minimum Gasteiger partial charge on any atom is -0.369 e. The third-order valence-electron chi connectivity index (χ3n) is 4.53. The maximum absolute atomic E-state index is 12.8. The maximum atomic E-state index is 12.8. The van der Waals surface area contributed by atoms with E-state index in [0.29, 0.717) is 37.3 Å². The molecule has 0 atom stereocenters. The molecule has 1 aliphatic heterocycles. The van der Waals surface area contributed by atoms with Gasteiger partial charge in [0, 0.05) is 30.1 Å². The van der Waals surface area contributed by atoms with Crippen LogP contribution in [0.25, 0.3) is 11.4 Å². The molecule has 0 aliphatic carbocycles. The molecule has 2 N–H and O–H groups in total. The molecule has 2 aromatic rings. The summed E-state index contributed by atoms with van der Waals surface area (Å²) in [6.45, 7) is 5.08. The van der Waals surface area contributed by atoms with E-state index in [1.165, 1.54) is 0 Å². The first-order valence-corrected chi connectivity index (χ1v) is 8.44. The molecule has 0 saturated carbocycles. The van der Waals surface area contributed by atoms with Crippen molar-refractivity contribution in [3.8, 4) is 11.4 Å². The van der Waals surface area contributed by atoms with Gasteiger partial charge in [-0.15, -0.1) is 5.10 Å². The van der Waals surface area contributed by atoms with Gasteiger partial charge >= 0.3 is 0 Å². The fourth-order valence-corrected chi connectivity index (χ4v) is 3.07. The lowest BCUT2D eigenvalue weighted by molar-refractivity contribution is -0.123. The Morgan fingerprint density at radius 3 is 2.60 bits per heavy atom. The summed E-state index contributed by atoms with van der Waals surface area (Å²) < 4.78 is 1.72. The number of hydrogen-bond donors (Lipinski definition) is 1. The van der Waals surface area contributed by atoms with Crippen LogP contribution in [-0.2, 0) is 4.79 Å². The van der Waals surface area contributed by atoms with Crippen LogP contribution in [0.3, 0.4) is 0 Å². The lowest BCUT2D eigenvalue weighted by Crippen LogP contribution is -2.41. The highest BCUT2D eigenvalue weighted by Gasteiger charge is 2.26. The first-order valence-electron chi connectivity index (χ1n) is 8.44. The second-order valence-electron chi connectivity index (χ2n) is 6.59. The lowest BCUT2D eigenvalue weighted by atomic mass is 9.95. The summed E-state index contributed by atoms with van der Waals surface area (Å²) in [6, 6.07) is 7.44.